The van der Waals surface area contributed by atoms with Crippen molar-refractivity contribution in [1.29, 1.82) is 0 Å². The van der Waals surface area contributed by atoms with Gasteiger partial charge in [-0.3, -0.25) is 10.00 Å². The average molecular weight is 472 g/mol. The molecule has 4 aromatic rings. The first-order valence-corrected chi connectivity index (χ1v) is 10.8. The van der Waals surface area contributed by atoms with Crippen LogP contribution in [-0.4, -0.2) is 42.3 Å². The van der Waals surface area contributed by atoms with Crippen molar-refractivity contribution in [3.8, 4) is 0 Å². The Balaban J connectivity index is 1.49. The maximum absolute atomic E-state index is 10.9. The highest BCUT2D eigenvalue weighted by molar-refractivity contribution is 7.13. The number of rotatable bonds is 5. The molecule has 164 valence electrons. The summed E-state index contributed by atoms with van der Waals surface area (Å²) in [4.78, 5) is 9.14. The monoisotopic (exact) mass is 471 g/mol. The third-order valence-electron chi connectivity index (χ3n) is 4.80. The second kappa shape index (κ2) is 8.22. The molecule has 0 aliphatic carbocycles. The summed E-state index contributed by atoms with van der Waals surface area (Å²) in [5.41, 5.74) is 4.66. The van der Waals surface area contributed by atoms with Crippen LogP contribution in [0.15, 0.2) is 56.7 Å². The number of aliphatic hydroxyl groups excluding tert-OH is 1. The summed E-state index contributed by atoms with van der Waals surface area (Å²) in [7, 11) is 1.77. The molecule has 0 spiro atoms. The number of anilines is 2. The van der Waals surface area contributed by atoms with E-state index < -0.39 is 12.3 Å². The van der Waals surface area contributed by atoms with Crippen LogP contribution in [0.2, 0.25) is 5.02 Å². The molecule has 11 nitrogen and oxygen atoms in total. The van der Waals surface area contributed by atoms with Gasteiger partial charge in [-0.15, -0.1) is 10.2 Å². The number of nitrogens with one attached hydrogen (secondary N) is 3. The van der Waals surface area contributed by atoms with Gasteiger partial charge in [0.2, 0.25) is 11.1 Å². The second-order valence-corrected chi connectivity index (χ2v) is 8.26. The lowest BCUT2D eigenvalue weighted by molar-refractivity contribution is 0.228. The predicted molar refractivity (Wildman–Crippen MR) is 121 cm³/mol. The smallest absolute Gasteiger partial charge is 0.302 e. The van der Waals surface area contributed by atoms with Crippen LogP contribution in [0.5, 0.6) is 0 Å². The van der Waals surface area contributed by atoms with Gasteiger partial charge < -0.3 is 20.2 Å². The fraction of sp³-hybridized carbons (Fsp3) is 0.211. The molecule has 0 saturated carbocycles. The predicted octanol–water partition coefficient (Wildman–Crippen LogP) is 2.88. The Morgan fingerprint density at radius 1 is 1.34 bits per heavy atom. The summed E-state index contributed by atoms with van der Waals surface area (Å²) >= 11 is 7.71. The van der Waals surface area contributed by atoms with E-state index in [1.165, 1.54) is 11.3 Å². The lowest BCUT2D eigenvalue weighted by atomic mass is 9.99. The number of aryl methyl sites for hydroxylation is 1. The number of oxazole rings is 1. The molecule has 1 aromatic carbocycles. The maximum Gasteiger partial charge on any atom is 0.302 e. The molecule has 1 aliphatic rings. The number of halogens is 1. The number of fused-ring (bicyclic) bond motifs is 1. The Labute approximate surface area is 190 Å². The number of aliphatic imine (C=N–C) groups is 1. The largest absolute Gasteiger partial charge is 0.423 e. The first-order chi connectivity index (χ1) is 15.5. The lowest BCUT2D eigenvalue weighted by Crippen LogP contribution is -2.39. The molecule has 0 radical (unpaired) electrons. The van der Waals surface area contributed by atoms with Crippen LogP contribution in [-0.2, 0) is 7.05 Å². The summed E-state index contributed by atoms with van der Waals surface area (Å²) in [5, 5.41) is 33.2. The van der Waals surface area contributed by atoms with Crippen molar-refractivity contribution in [3.63, 3.8) is 0 Å². The number of guanidine groups is 1. The Morgan fingerprint density at radius 3 is 2.91 bits per heavy atom. The van der Waals surface area contributed by atoms with Crippen LogP contribution in [0, 0.1) is 0 Å². The Hall–Kier alpha value is -3.48. The highest BCUT2D eigenvalue weighted by Gasteiger charge is 2.33. The number of aromatic nitrogens is 5. The van der Waals surface area contributed by atoms with Crippen molar-refractivity contribution in [2.45, 2.75) is 19.2 Å². The number of hydrogen-bond donors (Lipinski definition) is 4. The van der Waals surface area contributed by atoms with Gasteiger partial charge in [0.05, 0.1) is 5.02 Å². The van der Waals surface area contributed by atoms with Crippen molar-refractivity contribution in [3.05, 3.63) is 58.0 Å². The van der Waals surface area contributed by atoms with Crippen LogP contribution in [0.25, 0.3) is 11.1 Å². The molecule has 13 heteroatoms. The van der Waals surface area contributed by atoms with Gasteiger partial charge in [-0.1, -0.05) is 35.1 Å². The summed E-state index contributed by atoms with van der Waals surface area (Å²) in [6.07, 6.45) is 0.577. The van der Waals surface area contributed by atoms with E-state index >= 15 is 0 Å². The Bertz CT molecular complexity index is 1290. The molecule has 4 N–H and O–H groups in total. The highest BCUT2D eigenvalue weighted by Crippen LogP contribution is 2.36. The maximum atomic E-state index is 10.9. The minimum absolute atomic E-state index is 0.284. The Morgan fingerprint density at radius 2 is 2.19 bits per heavy atom. The number of hydrogen-bond acceptors (Lipinski definition) is 11. The van der Waals surface area contributed by atoms with E-state index in [1.54, 1.807) is 23.4 Å². The summed E-state index contributed by atoms with van der Waals surface area (Å²) in [6.45, 7) is 1.83. The van der Waals surface area contributed by atoms with E-state index in [0.717, 1.165) is 5.52 Å². The Kier molecular flexibility index (Phi) is 5.25. The summed E-state index contributed by atoms with van der Waals surface area (Å²) in [6, 6.07) is 7.06. The fourth-order valence-corrected chi connectivity index (χ4v) is 4.18. The van der Waals surface area contributed by atoms with E-state index in [2.05, 4.69) is 36.2 Å². The first kappa shape index (κ1) is 20.4. The van der Waals surface area contributed by atoms with Gasteiger partial charge in [0.25, 0.3) is 0 Å². The second-order valence-electron chi connectivity index (χ2n) is 7.02. The molecule has 1 aliphatic heterocycles. The van der Waals surface area contributed by atoms with Crippen LogP contribution < -0.4 is 16.0 Å². The van der Waals surface area contributed by atoms with Crippen molar-refractivity contribution < 1.29 is 9.52 Å². The van der Waals surface area contributed by atoms with E-state index in [4.69, 9.17) is 21.0 Å². The average Bonchev–Trinajstić information content (AvgIpc) is 3.47. The molecule has 4 heterocycles. The summed E-state index contributed by atoms with van der Waals surface area (Å²) in [5.74, 6) is 0.382. The van der Waals surface area contributed by atoms with Crippen molar-refractivity contribution >= 4 is 51.1 Å². The molecule has 2 unspecified atom stereocenters. The SMILES string of the molecule is CC1=C(C(O)Nc2nncs2)C(c2nn(C)cc2Cl)N=C(Nc2nc3ccccc3o2)N1. The van der Waals surface area contributed by atoms with Gasteiger partial charge in [-0.2, -0.15) is 10.1 Å². The number of benzene rings is 1. The van der Waals surface area contributed by atoms with Crippen LogP contribution in [0.3, 0.4) is 0 Å². The molecular weight excluding hydrogens is 454 g/mol. The molecule has 2 atom stereocenters. The van der Waals surface area contributed by atoms with Crippen LogP contribution in [0.1, 0.15) is 18.7 Å². The van der Waals surface area contributed by atoms with Crippen molar-refractivity contribution in [2.75, 3.05) is 10.6 Å². The van der Waals surface area contributed by atoms with Gasteiger partial charge in [0, 0.05) is 24.5 Å². The molecule has 32 heavy (non-hydrogen) atoms. The zero-order chi connectivity index (χ0) is 22.2. The van der Waals surface area contributed by atoms with E-state index in [9.17, 15) is 5.11 Å². The van der Waals surface area contributed by atoms with E-state index in [1.807, 2.05) is 31.2 Å². The number of aliphatic hydroxyl groups is 1. The third-order valence-corrected chi connectivity index (χ3v) is 5.71. The van der Waals surface area contributed by atoms with Gasteiger partial charge in [0.1, 0.15) is 22.8 Å². The summed E-state index contributed by atoms with van der Waals surface area (Å²) < 4.78 is 7.34. The molecule has 5 rings (SSSR count). The standard InChI is InChI=1S/C19H18ClN9O2S/c1-9-13(16(30)25-19-27-21-8-32-19)15(14-10(20)7-29(2)28-14)24-17(22-9)26-18-23-11-5-3-4-6-12(11)31-18/h3-8,15-16,30H,1-2H3,(H,25,27)(H2,22,23,24,26). The first-order valence-electron chi connectivity index (χ1n) is 9.56. The van der Waals surface area contributed by atoms with E-state index in [0.29, 0.717) is 38.7 Å². The molecule has 0 fully saturated rings. The van der Waals surface area contributed by atoms with Gasteiger partial charge >= 0.3 is 6.01 Å². The third kappa shape index (κ3) is 3.90. The molecule has 3 aromatic heterocycles. The molecule has 0 bridgehead atoms. The van der Waals surface area contributed by atoms with Gasteiger partial charge in [-0.05, 0) is 19.1 Å². The topological polar surface area (TPSA) is 138 Å². The fourth-order valence-electron chi connectivity index (χ4n) is 3.43. The zero-order valence-corrected chi connectivity index (χ0v) is 18.5. The number of nitrogens with zero attached hydrogens (tertiary/aromatic N) is 6. The van der Waals surface area contributed by atoms with Crippen molar-refractivity contribution in [1.82, 2.24) is 30.3 Å². The van der Waals surface area contributed by atoms with E-state index in [-0.39, 0.29) is 6.01 Å². The van der Waals surface area contributed by atoms with Gasteiger partial charge in [0.15, 0.2) is 11.8 Å². The number of para-hydroxylation sites is 2. The minimum Gasteiger partial charge on any atom is -0.423 e. The molecule has 0 saturated heterocycles. The van der Waals surface area contributed by atoms with Gasteiger partial charge in [-0.25, -0.2) is 4.99 Å². The lowest BCUT2D eigenvalue weighted by Gasteiger charge is -2.29. The zero-order valence-electron chi connectivity index (χ0n) is 16.9. The normalized spacial score (nSPS) is 17.2. The molecular formula is C19H18ClN9O2S. The number of allylic oxidation sites excluding steroid dienone is 1. The van der Waals surface area contributed by atoms with Crippen LogP contribution in [0.4, 0.5) is 11.1 Å². The van der Waals surface area contributed by atoms with Crippen LogP contribution >= 0.6 is 22.9 Å². The quantitative estimate of drug-likeness (QED) is 0.323. The molecule has 0 amide bonds. The van der Waals surface area contributed by atoms with Crippen molar-refractivity contribution in [2.24, 2.45) is 12.0 Å². The minimum atomic E-state index is -1.10. The highest BCUT2D eigenvalue weighted by atomic mass is 35.5.